The van der Waals surface area contributed by atoms with E-state index >= 15 is 0 Å². The molecule has 2 rings (SSSR count). The number of nitrogens with zero attached hydrogens (tertiary/aromatic N) is 1. The van der Waals surface area contributed by atoms with Crippen molar-refractivity contribution in [2.45, 2.75) is 194 Å². The molecule has 6 heteroatoms. The van der Waals surface area contributed by atoms with Crippen molar-refractivity contribution in [3.05, 3.63) is 35.4 Å². The van der Waals surface area contributed by atoms with E-state index in [0.29, 0.717) is 0 Å². The first-order chi connectivity index (χ1) is 24.0. The molecule has 49 heavy (non-hydrogen) atoms. The Morgan fingerprint density at radius 3 is 1.08 bits per heavy atom. The van der Waals surface area contributed by atoms with Crippen molar-refractivity contribution in [1.29, 1.82) is 0 Å². The molecule has 1 aromatic carbocycles. The highest BCUT2D eigenvalue weighted by Gasteiger charge is 2.27. The number of barbiturate groups is 1. The molecule has 0 saturated carbocycles. The van der Waals surface area contributed by atoms with Gasteiger partial charge >= 0.3 is 6.03 Å². The van der Waals surface area contributed by atoms with E-state index in [1.54, 1.807) is 6.08 Å². The van der Waals surface area contributed by atoms with Gasteiger partial charge in [-0.25, -0.2) is 4.79 Å². The van der Waals surface area contributed by atoms with Gasteiger partial charge in [-0.3, -0.25) is 20.2 Å². The van der Waals surface area contributed by atoms with Crippen LogP contribution in [-0.2, 0) is 9.59 Å². The summed E-state index contributed by atoms with van der Waals surface area (Å²) in [6.45, 7) is 6.69. The summed E-state index contributed by atoms with van der Waals surface area (Å²) < 4.78 is 0. The van der Waals surface area contributed by atoms with Gasteiger partial charge in [-0.15, -0.1) is 0 Å². The second-order valence-electron chi connectivity index (χ2n) is 14.6. The Morgan fingerprint density at radius 1 is 0.449 bits per heavy atom. The molecule has 1 aliphatic rings. The summed E-state index contributed by atoms with van der Waals surface area (Å²) in [4.78, 5) is 38.2. The Balaban J connectivity index is 1.70. The molecule has 2 N–H and O–H groups in total. The number of carbonyl (C=O) groups excluding carboxylic acids is 3. The van der Waals surface area contributed by atoms with Gasteiger partial charge in [-0.2, -0.15) is 0 Å². The lowest BCUT2D eigenvalue weighted by Crippen LogP contribution is -2.51. The van der Waals surface area contributed by atoms with E-state index in [0.717, 1.165) is 18.7 Å². The van der Waals surface area contributed by atoms with Crippen LogP contribution in [0.2, 0.25) is 0 Å². The normalized spacial score (nSPS) is 13.1. The number of benzene rings is 1. The van der Waals surface area contributed by atoms with E-state index in [1.807, 2.05) is 12.1 Å². The monoisotopic (exact) mass is 680 g/mol. The van der Waals surface area contributed by atoms with Crippen LogP contribution in [0.4, 0.5) is 10.5 Å². The highest BCUT2D eigenvalue weighted by Crippen LogP contribution is 2.21. The molecule has 1 heterocycles. The summed E-state index contributed by atoms with van der Waals surface area (Å²) in [6, 6.07) is 7.35. The summed E-state index contributed by atoms with van der Waals surface area (Å²) in [6.07, 6.45) is 39.9. The summed E-state index contributed by atoms with van der Waals surface area (Å²) in [5.74, 6) is -1.31. The van der Waals surface area contributed by atoms with Crippen LogP contribution in [0.3, 0.4) is 0 Å². The zero-order valence-corrected chi connectivity index (χ0v) is 31.8. The van der Waals surface area contributed by atoms with Gasteiger partial charge in [0.1, 0.15) is 5.57 Å². The summed E-state index contributed by atoms with van der Waals surface area (Å²) >= 11 is 0. The van der Waals surface area contributed by atoms with Crippen molar-refractivity contribution in [2.75, 3.05) is 18.0 Å². The lowest BCUT2D eigenvalue weighted by molar-refractivity contribution is -0.123. The molecule has 4 amide bonds. The van der Waals surface area contributed by atoms with Gasteiger partial charge in [0.2, 0.25) is 0 Å². The fourth-order valence-electron chi connectivity index (χ4n) is 6.92. The minimum atomic E-state index is -0.773. The summed E-state index contributed by atoms with van der Waals surface area (Å²) in [5.41, 5.74) is 1.92. The smallest absolute Gasteiger partial charge is 0.328 e. The molecule has 278 valence electrons. The average molecular weight is 680 g/mol. The molecule has 1 aromatic rings. The van der Waals surface area contributed by atoms with E-state index < -0.39 is 17.8 Å². The number of anilines is 1. The number of unbranched alkanes of at least 4 members (excludes halogenated alkanes) is 26. The van der Waals surface area contributed by atoms with Crippen molar-refractivity contribution < 1.29 is 14.4 Å². The number of rotatable bonds is 32. The Hall–Kier alpha value is -2.63. The minimum Gasteiger partial charge on any atom is -0.372 e. The number of hydrogen-bond donors (Lipinski definition) is 2. The maximum atomic E-state index is 12.1. The quantitative estimate of drug-likeness (QED) is 0.0451. The van der Waals surface area contributed by atoms with Crippen LogP contribution in [-0.4, -0.2) is 30.9 Å². The predicted octanol–water partition coefficient (Wildman–Crippen LogP) is 12.2. The molecule has 0 unspecified atom stereocenters. The SMILES string of the molecule is CCCCCCCCCCCCCCCCN(CCCCCCCCCCCCCCCC)c1ccc(C=C2C(=O)NC(=O)NC2=O)cc1. The van der Waals surface area contributed by atoms with Crippen LogP contribution in [0.1, 0.15) is 199 Å². The molecule has 0 radical (unpaired) electrons. The lowest BCUT2D eigenvalue weighted by Gasteiger charge is -2.25. The van der Waals surface area contributed by atoms with Crippen molar-refractivity contribution in [2.24, 2.45) is 0 Å². The first kappa shape index (κ1) is 42.5. The maximum Gasteiger partial charge on any atom is 0.328 e. The van der Waals surface area contributed by atoms with Crippen molar-refractivity contribution in [3.63, 3.8) is 0 Å². The van der Waals surface area contributed by atoms with Crippen molar-refractivity contribution >= 4 is 29.6 Å². The molecule has 0 spiro atoms. The predicted molar refractivity (Wildman–Crippen MR) is 209 cm³/mol. The Kier molecular flexibility index (Phi) is 25.3. The zero-order valence-electron chi connectivity index (χ0n) is 31.8. The number of hydrogen-bond acceptors (Lipinski definition) is 4. The van der Waals surface area contributed by atoms with E-state index in [4.69, 9.17) is 0 Å². The molecule has 0 atom stereocenters. The van der Waals surface area contributed by atoms with Crippen LogP contribution in [0, 0.1) is 0 Å². The van der Waals surface area contributed by atoms with E-state index in [-0.39, 0.29) is 5.57 Å². The van der Waals surface area contributed by atoms with Crippen molar-refractivity contribution in [3.8, 4) is 0 Å². The van der Waals surface area contributed by atoms with Gasteiger partial charge in [0.15, 0.2) is 0 Å². The van der Waals surface area contributed by atoms with Crippen LogP contribution >= 0.6 is 0 Å². The fraction of sp³-hybridized carbons (Fsp3) is 0.744. The first-order valence-electron chi connectivity index (χ1n) is 20.8. The third-order valence-corrected chi connectivity index (χ3v) is 10.1. The third kappa shape index (κ3) is 21.3. The average Bonchev–Trinajstić information content (AvgIpc) is 3.09. The van der Waals surface area contributed by atoms with Gasteiger partial charge in [0.05, 0.1) is 0 Å². The molecular formula is C43H73N3O3. The van der Waals surface area contributed by atoms with Gasteiger partial charge in [0, 0.05) is 18.8 Å². The number of nitrogens with one attached hydrogen (secondary N) is 2. The zero-order chi connectivity index (χ0) is 35.2. The van der Waals surface area contributed by atoms with Crippen LogP contribution in [0.5, 0.6) is 0 Å². The highest BCUT2D eigenvalue weighted by molar-refractivity contribution is 6.31. The summed E-state index contributed by atoms with van der Waals surface area (Å²) in [7, 11) is 0. The minimum absolute atomic E-state index is 0.0472. The van der Waals surface area contributed by atoms with Crippen LogP contribution in [0.25, 0.3) is 6.08 Å². The lowest BCUT2D eigenvalue weighted by atomic mass is 10.0. The second kappa shape index (κ2) is 29.1. The fourth-order valence-corrected chi connectivity index (χ4v) is 6.92. The van der Waals surface area contributed by atoms with Crippen LogP contribution in [0.15, 0.2) is 29.8 Å². The largest absolute Gasteiger partial charge is 0.372 e. The van der Waals surface area contributed by atoms with E-state index in [2.05, 4.69) is 41.5 Å². The molecular weight excluding hydrogens is 606 g/mol. The standard InChI is InChI=1S/C43H73N3O3/c1-3-5-7-9-11-13-15-17-19-21-23-25-27-29-35-46(36-30-28-26-24-22-20-18-16-14-12-10-8-6-4-2)39-33-31-38(32-34-39)37-40-41(47)44-43(49)45-42(40)48/h31-34,37H,3-30,35-36H2,1-2H3,(H2,44,45,47,48,49). The Bertz CT molecular complexity index is 981. The molecule has 1 aliphatic heterocycles. The number of imide groups is 2. The Labute approximate surface area is 301 Å². The topological polar surface area (TPSA) is 78.5 Å². The molecule has 0 aromatic heterocycles. The highest BCUT2D eigenvalue weighted by atomic mass is 16.2. The Morgan fingerprint density at radius 2 is 0.755 bits per heavy atom. The molecule has 1 fully saturated rings. The molecule has 0 bridgehead atoms. The van der Waals surface area contributed by atoms with Gasteiger partial charge in [-0.1, -0.05) is 193 Å². The molecule has 0 aliphatic carbocycles. The van der Waals surface area contributed by atoms with E-state index in [9.17, 15) is 14.4 Å². The first-order valence-corrected chi connectivity index (χ1v) is 20.8. The number of urea groups is 1. The van der Waals surface area contributed by atoms with Gasteiger partial charge < -0.3 is 4.90 Å². The van der Waals surface area contributed by atoms with Gasteiger partial charge in [-0.05, 0) is 36.6 Å². The molecule has 6 nitrogen and oxygen atoms in total. The summed E-state index contributed by atoms with van der Waals surface area (Å²) in [5, 5.41) is 4.29. The maximum absolute atomic E-state index is 12.1. The number of carbonyl (C=O) groups is 3. The molecule has 1 saturated heterocycles. The third-order valence-electron chi connectivity index (χ3n) is 10.1. The van der Waals surface area contributed by atoms with Gasteiger partial charge in [0.25, 0.3) is 11.8 Å². The van der Waals surface area contributed by atoms with Crippen molar-refractivity contribution in [1.82, 2.24) is 10.6 Å². The second-order valence-corrected chi connectivity index (χ2v) is 14.6. The van der Waals surface area contributed by atoms with Crippen LogP contribution < -0.4 is 15.5 Å². The van der Waals surface area contributed by atoms with E-state index in [1.165, 1.54) is 185 Å². The number of amides is 4.